The highest BCUT2D eigenvalue weighted by Crippen LogP contribution is 2.39. The van der Waals surface area contributed by atoms with Crippen molar-refractivity contribution in [1.82, 2.24) is 9.55 Å². The number of rotatable bonds is 0. The van der Waals surface area contributed by atoms with Crippen LogP contribution < -0.4 is 0 Å². The maximum atomic E-state index is 9.41. The average molecular weight is 273 g/mol. The molecule has 0 unspecified atom stereocenters. The molecular formula is C13H21ClN2O2. The molecule has 0 aliphatic rings. The van der Waals surface area contributed by atoms with Crippen molar-refractivity contribution in [2.75, 3.05) is 0 Å². The van der Waals surface area contributed by atoms with E-state index in [0.29, 0.717) is 11.0 Å². The van der Waals surface area contributed by atoms with Gasteiger partial charge in [0.15, 0.2) is 11.5 Å². The smallest absolute Gasteiger partial charge is 0.178 e. The van der Waals surface area contributed by atoms with Crippen molar-refractivity contribution in [2.24, 2.45) is 7.05 Å². The predicted molar refractivity (Wildman–Crippen MR) is 76.5 cm³/mol. The minimum absolute atomic E-state index is 0.128. The van der Waals surface area contributed by atoms with Gasteiger partial charge in [-0.3, -0.25) is 0 Å². The molecule has 0 bridgehead atoms. The zero-order valence-electron chi connectivity index (χ0n) is 11.7. The van der Waals surface area contributed by atoms with Gasteiger partial charge in [-0.2, -0.15) is 0 Å². The number of hydrogen-bond donors (Lipinski definition) is 2. The Labute approximate surface area is 113 Å². The maximum absolute atomic E-state index is 9.41. The van der Waals surface area contributed by atoms with Crippen molar-refractivity contribution in [1.29, 1.82) is 0 Å². The summed E-state index contributed by atoms with van der Waals surface area (Å²) in [7, 11) is 1.80. The van der Waals surface area contributed by atoms with Crippen LogP contribution in [0.25, 0.3) is 11.0 Å². The van der Waals surface area contributed by atoms with Gasteiger partial charge in [-0.05, 0) is 6.92 Å². The molecule has 0 saturated carbocycles. The lowest BCUT2D eigenvalue weighted by Gasteiger charge is -2.03. The predicted octanol–water partition coefficient (Wildman–Crippen LogP) is 4.00. The number of nitrogens with zero attached hydrogens (tertiary/aromatic N) is 2. The highest BCUT2D eigenvalue weighted by atomic mass is 35.5. The molecule has 102 valence electrons. The molecule has 0 saturated heterocycles. The van der Waals surface area contributed by atoms with Gasteiger partial charge < -0.3 is 14.8 Å². The van der Waals surface area contributed by atoms with Crippen LogP contribution in [-0.4, -0.2) is 19.8 Å². The SMILES string of the molecule is CC.CC.Cc1nc2cc(O)c(O)c(Cl)c2n1C. The van der Waals surface area contributed by atoms with Gasteiger partial charge in [0, 0.05) is 13.1 Å². The van der Waals surface area contributed by atoms with Crippen LogP contribution in [0.2, 0.25) is 5.02 Å². The van der Waals surface area contributed by atoms with E-state index in [9.17, 15) is 10.2 Å². The van der Waals surface area contributed by atoms with E-state index in [1.807, 2.05) is 34.6 Å². The Morgan fingerprint density at radius 3 is 2.17 bits per heavy atom. The molecule has 5 heteroatoms. The molecule has 0 aliphatic carbocycles. The van der Waals surface area contributed by atoms with Crippen LogP contribution in [0, 0.1) is 6.92 Å². The Morgan fingerprint density at radius 2 is 1.67 bits per heavy atom. The number of phenols is 2. The first-order valence-electron chi connectivity index (χ1n) is 6.06. The summed E-state index contributed by atoms with van der Waals surface area (Å²) in [4.78, 5) is 4.18. The normalized spacial score (nSPS) is 9.28. The van der Waals surface area contributed by atoms with Crippen molar-refractivity contribution in [2.45, 2.75) is 34.6 Å². The second-order valence-electron chi connectivity index (χ2n) is 3.14. The summed E-state index contributed by atoms with van der Waals surface area (Å²) in [5, 5.41) is 18.9. The molecular weight excluding hydrogens is 252 g/mol. The first kappa shape index (κ1) is 16.6. The molecule has 1 heterocycles. The first-order chi connectivity index (χ1) is 8.52. The van der Waals surface area contributed by atoms with Crippen LogP contribution in [0.4, 0.5) is 0 Å². The zero-order chi connectivity index (χ0) is 14.5. The summed E-state index contributed by atoms with van der Waals surface area (Å²) >= 11 is 5.88. The first-order valence-corrected chi connectivity index (χ1v) is 6.43. The number of phenolic OH excluding ortho intramolecular Hbond substituents is 2. The van der Waals surface area contributed by atoms with E-state index in [4.69, 9.17) is 11.6 Å². The number of hydrogen-bond acceptors (Lipinski definition) is 3. The van der Waals surface area contributed by atoms with Gasteiger partial charge in [-0.25, -0.2) is 4.98 Å². The lowest BCUT2D eigenvalue weighted by molar-refractivity contribution is 0.405. The molecule has 2 N–H and O–H groups in total. The lowest BCUT2D eigenvalue weighted by atomic mass is 10.2. The van der Waals surface area contributed by atoms with Crippen LogP contribution in [0.5, 0.6) is 11.5 Å². The minimum Gasteiger partial charge on any atom is -0.504 e. The summed E-state index contributed by atoms with van der Waals surface area (Å²) in [6.45, 7) is 9.82. The maximum Gasteiger partial charge on any atom is 0.178 e. The van der Waals surface area contributed by atoms with Gasteiger partial charge in [0.2, 0.25) is 0 Å². The largest absolute Gasteiger partial charge is 0.504 e. The van der Waals surface area contributed by atoms with Gasteiger partial charge in [-0.1, -0.05) is 39.3 Å². The number of imidazole rings is 1. The van der Waals surface area contributed by atoms with Crippen LogP contribution in [0.15, 0.2) is 6.07 Å². The molecule has 18 heavy (non-hydrogen) atoms. The monoisotopic (exact) mass is 272 g/mol. The quantitative estimate of drug-likeness (QED) is 0.713. The molecule has 0 aliphatic heterocycles. The molecule has 0 radical (unpaired) electrons. The van der Waals surface area contributed by atoms with Crippen molar-refractivity contribution in [3.63, 3.8) is 0 Å². The minimum atomic E-state index is -0.304. The van der Waals surface area contributed by atoms with E-state index in [2.05, 4.69) is 4.98 Å². The summed E-state index contributed by atoms with van der Waals surface area (Å²) < 4.78 is 1.76. The number of aromatic nitrogens is 2. The molecule has 2 aromatic rings. The van der Waals surface area contributed by atoms with E-state index in [0.717, 1.165) is 5.82 Å². The Bertz CT molecular complexity index is 521. The van der Waals surface area contributed by atoms with Crippen molar-refractivity contribution in [3.05, 3.63) is 16.9 Å². The van der Waals surface area contributed by atoms with Gasteiger partial charge in [-0.15, -0.1) is 0 Å². The van der Waals surface area contributed by atoms with E-state index >= 15 is 0 Å². The van der Waals surface area contributed by atoms with Crippen molar-refractivity contribution >= 4 is 22.6 Å². The molecule has 2 rings (SSSR count). The van der Waals surface area contributed by atoms with Crippen LogP contribution in [-0.2, 0) is 7.05 Å². The van der Waals surface area contributed by atoms with E-state index in [1.54, 1.807) is 11.6 Å². The summed E-state index contributed by atoms with van der Waals surface area (Å²) in [6, 6.07) is 1.39. The fourth-order valence-electron chi connectivity index (χ4n) is 1.42. The third-order valence-electron chi connectivity index (χ3n) is 2.28. The van der Waals surface area contributed by atoms with Crippen molar-refractivity contribution < 1.29 is 10.2 Å². The summed E-state index contributed by atoms with van der Waals surface area (Å²) in [5.41, 5.74) is 1.20. The summed E-state index contributed by atoms with van der Waals surface area (Å²) in [5.74, 6) is 0.217. The molecule has 0 atom stereocenters. The molecule has 1 aromatic heterocycles. The third kappa shape index (κ3) is 2.88. The van der Waals surface area contributed by atoms with Gasteiger partial charge in [0.25, 0.3) is 0 Å². The number of benzene rings is 1. The van der Waals surface area contributed by atoms with Gasteiger partial charge in [0.05, 0.1) is 11.0 Å². The average Bonchev–Trinajstić information content (AvgIpc) is 2.67. The third-order valence-corrected chi connectivity index (χ3v) is 2.64. The van der Waals surface area contributed by atoms with Crippen LogP contribution in [0.3, 0.4) is 0 Å². The van der Waals surface area contributed by atoms with Gasteiger partial charge in [0.1, 0.15) is 10.8 Å². The van der Waals surface area contributed by atoms with E-state index in [-0.39, 0.29) is 16.5 Å². The van der Waals surface area contributed by atoms with Crippen LogP contribution in [0.1, 0.15) is 33.5 Å². The Kier molecular flexibility index (Phi) is 6.55. The van der Waals surface area contributed by atoms with Crippen LogP contribution >= 0.6 is 11.6 Å². The fourth-order valence-corrected chi connectivity index (χ4v) is 1.74. The Morgan fingerprint density at radius 1 is 1.17 bits per heavy atom. The number of fused-ring (bicyclic) bond motifs is 1. The topological polar surface area (TPSA) is 58.3 Å². The van der Waals surface area contributed by atoms with E-state index < -0.39 is 0 Å². The molecule has 1 aromatic carbocycles. The standard InChI is InChI=1S/C9H9ClN2O2.2C2H6/c1-4-11-5-3-6(13)9(14)7(10)8(5)12(4)2;2*1-2/h3,13-14H,1-2H3;2*1-2H3. The second kappa shape index (κ2) is 7.11. The summed E-state index contributed by atoms with van der Waals surface area (Å²) in [6.07, 6.45) is 0. The Hall–Kier alpha value is -1.42. The van der Waals surface area contributed by atoms with Crippen molar-refractivity contribution in [3.8, 4) is 11.5 Å². The molecule has 0 amide bonds. The number of aromatic hydroxyl groups is 2. The molecule has 0 spiro atoms. The Balaban J connectivity index is 0.000000659. The fraction of sp³-hybridized carbons (Fsp3) is 0.462. The highest BCUT2D eigenvalue weighted by Gasteiger charge is 2.15. The highest BCUT2D eigenvalue weighted by molar-refractivity contribution is 6.36. The lowest BCUT2D eigenvalue weighted by Crippen LogP contribution is -1.90. The number of aryl methyl sites for hydroxylation is 2. The molecule has 4 nitrogen and oxygen atoms in total. The van der Waals surface area contributed by atoms with Gasteiger partial charge >= 0.3 is 0 Å². The second-order valence-corrected chi connectivity index (χ2v) is 3.52. The number of halogens is 1. The zero-order valence-corrected chi connectivity index (χ0v) is 12.5. The van der Waals surface area contributed by atoms with E-state index in [1.165, 1.54) is 6.07 Å². The molecule has 0 fully saturated rings.